The lowest BCUT2D eigenvalue weighted by Crippen LogP contribution is -2.51. The highest BCUT2D eigenvalue weighted by atomic mass is 16.5. The quantitative estimate of drug-likeness (QED) is 0.811. The number of carbonyl (C=O) groups excluding carboxylic acids is 1. The third-order valence-electron chi connectivity index (χ3n) is 4.48. The van der Waals surface area contributed by atoms with Gasteiger partial charge in [0.25, 0.3) is 0 Å². The first kappa shape index (κ1) is 16.3. The molecule has 2 rings (SSSR count). The number of alkyl carbamates (subject to hydrolysis) is 1. The number of aliphatic carboxylic acids is 1. The van der Waals surface area contributed by atoms with Crippen molar-refractivity contribution in [3.05, 3.63) is 35.9 Å². The Morgan fingerprint density at radius 3 is 2.50 bits per heavy atom. The molecule has 1 fully saturated rings. The lowest BCUT2D eigenvalue weighted by atomic mass is 9.85. The number of benzene rings is 1. The second-order valence-electron chi connectivity index (χ2n) is 6.09. The van der Waals surface area contributed by atoms with Crippen LogP contribution < -0.4 is 5.32 Å². The van der Waals surface area contributed by atoms with Crippen LogP contribution in [0.4, 0.5) is 4.79 Å². The minimum Gasteiger partial charge on any atom is -0.481 e. The molecule has 0 heterocycles. The molecule has 3 atom stereocenters. The Kier molecular flexibility index (Phi) is 5.06. The van der Waals surface area contributed by atoms with Gasteiger partial charge in [-0.25, -0.2) is 4.79 Å². The van der Waals surface area contributed by atoms with E-state index in [1.807, 2.05) is 37.3 Å². The Labute approximate surface area is 130 Å². The summed E-state index contributed by atoms with van der Waals surface area (Å²) < 4.78 is 5.24. The molecule has 1 aromatic rings. The van der Waals surface area contributed by atoms with Crippen LogP contribution in [0.1, 0.15) is 38.7 Å². The predicted octanol–water partition coefficient (Wildman–Crippen LogP) is 3.19. The van der Waals surface area contributed by atoms with Crippen molar-refractivity contribution in [2.45, 2.75) is 45.3 Å². The topological polar surface area (TPSA) is 75.6 Å². The highest BCUT2D eigenvalue weighted by molar-refractivity contribution is 5.73. The van der Waals surface area contributed by atoms with Crippen LogP contribution in [-0.2, 0) is 16.1 Å². The molecule has 3 unspecified atom stereocenters. The summed E-state index contributed by atoms with van der Waals surface area (Å²) in [7, 11) is 0. The summed E-state index contributed by atoms with van der Waals surface area (Å²) in [5.41, 5.74) is 0.191. The number of carboxylic acids is 1. The van der Waals surface area contributed by atoms with Gasteiger partial charge in [0.2, 0.25) is 0 Å². The summed E-state index contributed by atoms with van der Waals surface area (Å²) in [6.07, 6.45) is 0.902. The Morgan fingerprint density at radius 1 is 1.36 bits per heavy atom. The van der Waals surface area contributed by atoms with E-state index >= 15 is 0 Å². The normalized spacial score (nSPS) is 22.5. The van der Waals surface area contributed by atoms with E-state index in [4.69, 9.17) is 4.74 Å². The minimum atomic E-state index is -0.899. The molecule has 2 N–H and O–H groups in total. The van der Waals surface area contributed by atoms with Gasteiger partial charge in [-0.1, -0.05) is 44.2 Å². The first-order valence-corrected chi connectivity index (χ1v) is 7.67. The largest absolute Gasteiger partial charge is 0.481 e. The molecule has 5 nitrogen and oxygen atoms in total. The van der Waals surface area contributed by atoms with Crippen LogP contribution in [0.2, 0.25) is 0 Å². The third-order valence-corrected chi connectivity index (χ3v) is 4.48. The fourth-order valence-corrected chi connectivity index (χ4v) is 3.07. The van der Waals surface area contributed by atoms with E-state index < -0.39 is 17.6 Å². The summed E-state index contributed by atoms with van der Waals surface area (Å²) in [5, 5.41) is 12.0. The van der Waals surface area contributed by atoms with E-state index in [0.29, 0.717) is 12.3 Å². The lowest BCUT2D eigenvalue weighted by Gasteiger charge is -2.32. The zero-order valence-electron chi connectivity index (χ0n) is 13.0. The van der Waals surface area contributed by atoms with Crippen molar-refractivity contribution >= 4 is 12.1 Å². The van der Waals surface area contributed by atoms with E-state index in [-0.39, 0.29) is 18.9 Å². The van der Waals surface area contributed by atoms with Crippen LogP contribution in [0.3, 0.4) is 0 Å². The van der Waals surface area contributed by atoms with Gasteiger partial charge < -0.3 is 15.2 Å². The van der Waals surface area contributed by atoms with Crippen molar-refractivity contribution in [2.24, 2.45) is 11.8 Å². The fourth-order valence-electron chi connectivity index (χ4n) is 3.07. The van der Waals surface area contributed by atoms with Gasteiger partial charge >= 0.3 is 12.1 Å². The highest BCUT2D eigenvalue weighted by Gasteiger charge is 2.51. The van der Waals surface area contributed by atoms with Crippen LogP contribution in [0, 0.1) is 11.8 Å². The number of nitrogens with one attached hydrogen (secondary N) is 1. The van der Waals surface area contributed by atoms with Gasteiger partial charge in [-0.3, -0.25) is 4.79 Å². The Bertz CT molecular complexity index is 531. The fraction of sp³-hybridized carbons (Fsp3) is 0.529. The van der Waals surface area contributed by atoms with Crippen molar-refractivity contribution < 1.29 is 19.4 Å². The number of carboxylic acid groups (broad SMARTS) is 1. The number of hydrogen-bond donors (Lipinski definition) is 2. The van der Waals surface area contributed by atoms with Crippen LogP contribution in [-0.4, -0.2) is 22.7 Å². The summed E-state index contributed by atoms with van der Waals surface area (Å²) in [4.78, 5) is 23.3. The third kappa shape index (κ3) is 4.00. The Morgan fingerprint density at radius 2 is 2.00 bits per heavy atom. The molecule has 22 heavy (non-hydrogen) atoms. The molecule has 0 bridgehead atoms. The number of amides is 1. The van der Waals surface area contributed by atoms with Gasteiger partial charge in [0.15, 0.2) is 0 Å². The van der Waals surface area contributed by atoms with Gasteiger partial charge in [-0.15, -0.1) is 0 Å². The van der Waals surface area contributed by atoms with E-state index in [2.05, 4.69) is 12.2 Å². The van der Waals surface area contributed by atoms with Gasteiger partial charge in [0.1, 0.15) is 6.61 Å². The minimum absolute atomic E-state index is 0.0705. The monoisotopic (exact) mass is 305 g/mol. The van der Waals surface area contributed by atoms with E-state index in [0.717, 1.165) is 12.0 Å². The average Bonchev–Trinajstić information content (AvgIpc) is 3.22. The zero-order valence-corrected chi connectivity index (χ0v) is 13.0. The standard InChI is InChI=1S/C17H23NO4/c1-3-17(10-15(19)20,14-9-12(14)2)18-16(21)22-11-13-7-5-4-6-8-13/h4-8,12,14H,3,9-11H2,1-2H3,(H,18,21)(H,19,20). The van der Waals surface area contributed by atoms with Crippen LogP contribution in [0.5, 0.6) is 0 Å². The molecule has 5 heteroatoms. The number of carbonyl (C=O) groups is 2. The summed E-state index contributed by atoms with van der Waals surface area (Å²) in [6, 6.07) is 9.40. The lowest BCUT2D eigenvalue weighted by molar-refractivity contribution is -0.139. The molecule has 1 aliphatic rings. The van der Waals surface area contributed by atoms with E-state index in [1.165, 1.54) is 0 Å². The average molecular weight is 305 g/mol. The highest BCUT2D eigenvalue weighted by Crippen LogP contribution is 2.49. The Balaban J connectivity index is 1.97. The van der Waals surface area contributed by atoms with E-state index in [1.54, 1.807) is 0 Å². The van der Waals surface area contributed by atoms with Gasteiger partial charge in [0.05, 0.1) is 12.0 Å². The first-order valence-electron chi connectivity index (χ1n) is 7.67. The summed E-state index contributed by atoms with van der Waals surface area (Å²) in [6.45, 7) is 4.17. The van der Waals surface area contributed by atoms with Crippen molar-refractivity contribution in [3.63, 3.8) is 0 Å². The number of ether oxygens (including phenoxy) is 1. The second-order valence-corrected chi connectivity index (χ2v) is 6.09. The van der Waals surface area contributed by atoms with Crippen molar-refractivity contribution in [3.8, 4) is 0 Å². The molecule has 1 aliphatic carbocycles. The zero-order chi connectivity index (χ0) is 16.2. The molecule has 1 saturated carbocycles. The maximum absolute atomic E-state index is 12.1. The second kappa shape index (κ2) is 6.81. The predicted molar refractivity (Wildman–Crippen MR) is 82.3 cm³/mol. The Hall–Kier alpha value is -2.04. The molecule has 1 amide bonds. The van der Waals surface area contributed by atoms with Crippen molar-refractivity contribution in [1.29, 1.82) is 0 Å². The van der Waals surface area contributed by atoms with Crippen molar-refractivity contribution in [1.82, 2.24) is 5.32 Å². The number of rotatable bonds is 7. The molecule has 120 valence electrons. The SMILES string of the molecule is CCC(CC(=O)O)(NC(=O)OCc1ccccc1)C1CC1C. The first-order chi connectivity index (χ1) is 10.5. The molecular formula is C17H23NO4. The maximum Gasteiger partial charge on any atom is 0.407 e. The molecule has 1 aromatic carbocycles. The molecule has 0 aliphatic heterocycles. The van der Waals surface area contributed by atoms with E-state index in [9.17, 15) is 14.7 Å². The molecule has 0 aromatic heterocycles. The van der Waals surface area contributed by atoms with Gasteiger partial charge in [-0.2, -0.15) is 0 Å². The smallest absolute Gasteiger partial charge is 0.407 e. The van der Waals surface area contributed by atoms with Crippen LogP contribution in [0.15, 0.2) is 30.3 Å². The summed E-state index contributed by atoms with van der Waals surface area (Å²) >= 11 is 0. The van der Waals surface area contributed by atoms with Crippen LogP contribution in [0.25, 0.3) is 0 Å². The van der Waals surface area contributed by atoms with Gasteiger partial charge in [0, 0.05) is 0 Å². The molecule has 0 radical (unpaired) electrons. The number of hydrogen-bond acceptors (Lipinski definition) is 3. The summed E-state index contributed by atoms with van der Waals surface area (Å²) in [5.74, 6) is -0.254. The maximum atomic E-state index is 12.1. The van der Waals surface area contributed by atoms with Crippen LogP contribution >= 0.6 is 0 Å². The molecule has 0 spiro atoms. The van der Waals surface area contributed by atoms with Gasteiger partial charge in [-0.05, 0) is 30.2 Å². The molecule has 0 saturated heterocycles. The van der Waals surface area contributed by atoms with Crippen molar-refractivity contribution in [2.75, 3.05) is 0 Å². The molecular weight excluding hydrogens is 282 g/mol.